The second kappa shape index (κ2) is 8.49. The number of para-hydroxylation sites is 1. The molecule has 0 unspecified atom stereocenters. The highest BCUT2D eigenvalue weighted by molar-refractivity contribution is 9.10. The van der Waals surface area contributed by atoms with E-state index in [9.17, 15) is 4.79 Å². The minimum absolute atomic E-state index is 0.143. The first-order valence-electron chi connectivity index (χ1n) is 8.09. The van der Waals surface area contributed by atoms with Crippen molar-refractivity contribution in [2.75, 3.05) is 11.9 Å². The summed E-state index contributed by atoms with van der Waals surface area (Å²) in [4.78, 5) is 11.9. The largest absolute Gasteiger partial charge is 0.455 e. The molecule has 26 heavy (non-hydrogen) atoms. The first kappa shape index (κ1) is 17.9. The first-order chi connectivity index (χ1) is 12.6. The highest BCUT2D eigenvalue weighted by Crippen LogP contribution is 2.23. The van der Waals surface area contributed by atoms with E-state index in [1.54, 1.807) is 6.07 Å². The predicted octanol–water partition coefficient (Wildman–Crippen LogP) is 4.58. The lowest BCUT2D eigenvalue weighted by Gasteiger charge is -2.07. The maximum absolute atomic E-state index is 11.9. The zero-order valence-electron chi connectivity index (χ0n) is 14.2. The molecule has 0 spiro atoms. The van der Waals surface area contributed by atoms with E-state index in [-0.39, 0.29) is 12.5 Å². The molecule has 0 fully saturated rings. The van der Waals surface area contributed by atoms with Gasteiger partial charge in [0.25, 0.3) is 5.91 Å². The van der Waals surface area contributed by atoms with Gasteiger partial charge in [0.15, 0.2) is 0 Å². The van der Waals surface area contributed by atoms with Crippen LogP contribution in [0.3, 0.4) is 0 Å². The smallest absolute Gasteiger partial charge is 0.259 e. The number of furan rings is 1. The normalized spacial score (nSPS) is 10.8. The van der Waals surface area contributed by atoms with Crippen LogP contribution in [-0.4, -0.2) is 18.7 Å². The molecule has 2 N–H and O–H groups in total. The van der Waals surface area contributed by atoms with Gasteiger partial charge in [-0.05, 0) is 42.8 Å². The summed E-state index contributed by atoms with van der Waals surface area (Å²) in [7, 11) is 0. The maximum Gasteiger partial charge on any atom is 0.259 e. The van der Waals surface area contributed by atoms with Crippen LogP contribution in [-0.2, 0) is 4.79 Å². The van der Waals surface area contributed by atoms with Gasteiger partial charge in [-0.2, -0.15) is 5.10 Å². The summed E-state index contributed by atoms with van der Waals surface area (Å²) in [6.07, 6.45) is 1.48. The van der Waals surface area contributed by atoms with Crippen LogP contribution < -0.4 is 10.7 Å². The number of nitrogens with one attached hydrogen (secondary N) is 2. The van der Waals surface area contributed by atoms with E-state index in [1.165, 1.54) is 6.21 Å². The van der Waals surface area contributed by atoms with E-state index >= 15 is 0 Å². The molecule has 132 valence electrons. The monoisotopic (exact) mass is 411 g/mol. The molecule has 3 aromatic rings. The van der Waals surface area contributed by atoms with Gasteiger partial charge in [-0.3, -0.25) is 4.79 Å². The highest BCUT2D eigenvalue weighted by atomic mass is 79.9. The Morgan fingerprint density at radius 3 is 2.65 bits per heavy atom. The average Bonchev–Trinajstić information content (AvgIpc) is 3.10. The third-order valence-corrected chi connectivity index (χ3v) is 4.25. The second-order valence-corrected chi connectivity index (χ2v) is 6.59. The van der Waals surface area contributed by atoms with Gasteiger partial charge in [0.2, 0.25) is 0 Å². The molecular weight excluding hydrogens is 394 g/mol. The Labute approximate surface area is 160 Å². The van der Waals surface area contributed by atoms with Crippen molar-refractivity contribution in [2.45, 2.75) is 6.92 Å². The molecule has 0 radical (unpaired) electrons. The van der Waals surface area contributed by atoms with Crippen LogP contribution in [0.25, 0.3) is 11.3 Å². The number of carbonyl (C=O) groups is 1. The number of amides is 1. The van der Waals surface area contributed by atoms with Crippen molar-refractivity contribution in [3.8, 4) is 11.3 Å². The molecule has 0 aliphatic carbocycles. The molecule has 0 bridgehead atoms. The topological polar surface area (TPSA) is 66.6 Å². The van der Waals surface area contributed by atoms with Crippen molar-refractivity contribution in [3.63, 3.8) is 0 Å². The van der Waals surface area contributed by atoms with Gasteiger partial charge in [0.05, 0.1) is 12.8 Å². The molecule has 0 aliphatic heterocycles. The Morgan fingerprint density at radius 2 is 1.88 bits per heavy atom. The molecule has 0 saturated heterocycles. The summed E-state index contributed by atoms with van der Waals surface area (Å²) in [5, 5.41) is 7.01. The SMILES string of the molecule is Cc1ccccc1NCC(=O)N/N=C\c1ccc(-c2ccc(Br)cc2)o1. The summed E-state index contributed by atoms with van der Waals surface area (Å²) in [6, 6.07) is 19.3. The third kappa shape index (κ3) is 4.83. The van der Waals surface area contributed by atoms with Crippen LogP contribution in [0.15, 0.2) is 74.7 Å². The van der Waals surface area contributed by atoms with Crippen LogP contribution in [0, 0.1) is 6.92 Å². The van der Waals surface area contributed by atoms with Crippen molar-refractivity contribution in [3.05, 3.63) is 76.5 Å². The Kier molecular flexibility index (Phi) is 5.86. The molecule has 0 atom stereocenters. The van der Waals surface area contributed by atoms with Gasteiger partial charge < -0.3 is 9.73 Å². The lowest BCUT2D eigenvalue weighted by molar-refractivity contribution is -0.119. The van der Waals surface area contributed by atoms with Crippen LogP contribution in [0.4, 0.5) is 5.69 Å². The van der Waals surface area contributed by atoms with E-state index < -0.39 is 0 Å². The maximum atomic E-state index is 11.9. The average molecular weight is 412 g/mol. The number of halogens is 1. The Bertz CT molecular complexity index is 917. The van der Waals surface area contributed by atoms with E-state index in [0.717, 1.165) is 27.0 Å². The molecule has 2 aromatic carbocycles. The number of hydrogen-bond acceptors (Lipinski definition) is 4. The zero-order valence-corrected chi connectivity index (χ0v) is 15.8. The van der Waals surface area contributed by atoms with Crippen LogP contribution in [0.2, 0.25) is 0 Å². The summed E-state index contributed by atoms with van der Waals surface area (Å²) in [6.45, 7) is 2.13. The predicted molar refractivity (Wildman–Crippen MR) is 107 cm³/mol. The third-order valence-electron chi connectivity index (χ3n) is 3.72. The lowest BCUT2D eigenvalue weighted by Crippen LogP contribution is -2.26. The number of carbonyl (C=O) groups excluding carboxylic acids is 1. The molecule has 0 aliphatic rings. The van der Waals surface area contributed by atoms with Crippen molar-refractivity contribution in [2.24, 2.45) is 5.10 Å². The summed E-state index contributed by atoms with van der Waals surface area (Å²) in [5.41, 5.74) is 5.46. The van der Waals surface area contributed by atoms with Crippen molar-refractivity contribution in [1.29, 1.82) is 0 Å². The Hall–Kier alpha value is -2.86. The fraction of sp³-hybridized carbons (Fsp3) is 0.100. The number of hydrogen-bond donors (Lipinski definition) is 2. The second-order valence-electron chi connectivity index (χ2n) is 5.67. The number of rotatable bonds is 6. The number of hydrazone groups is 1. The fourth-order valence-electron chi connectivity index (χ4n) is 2.35. The van der Waals surface area contributed by atoms with Gasteiger partial charge >= 0.3 is 0 Å². The van der Waals surface area contributed by atoms with Crippen LogP contribution >= 0.6 is 15.9 Å². The van der Waals surface area contributed by atoms with Gasteiger partial charge in [-0.15, -0.1) is 0 Å². The van der Waals surface area contributed by atoms with Crippen molar-refractivity contribution >= 4 is 33.7 Å². The number of benzene rings is 2. The Morgan fingerprint density at radius 1 is 1.12 bits per heavy atom. The lowest BCUT2D eigenvalue weighted by atomic mass is 10.2. The number of anilines is 1. The fourth-order valence-corrected chi connectivity index (χ4v) is 2.61. The summed E-state index contributed by atoms with van der Waals surface area (Å²) in [5.74, 6) is 1.07. The summed E-state index contributed by atoms with van der Waals surface area (Å²) >= 11 is 3.41. The molecule has 5 nitrogen and oxygen atoms in total. The van der Waals surface area contributed by atoms with Gasteiger partial charge in [0, 0.05) is 15.7 Å². The molecular formula is C20H18BrN3O2. The van der Waals surface area contributed by atoms with Crippen molar-refractivity contribution in [1.82, 2.24) is 5.43 Å². The zero-order chi connectivity index (χ0) is 18.4. The van der Waals surface area contributed by atoms with E-state index in [4.69, 9.17) is 4.42 Å². The molecule has 6 heteroatoms. The first-order valence-corrected chi connectivity index (χ1v) is 8.88. The standard InChI is InChI=1S/C20H18BrN3O2/c1-14-4-2-3-5-18(14)22-13-20(25)24-23-12-17-10-11-19(26-17)15-6-8-16(21)9-7-15/h2-12,22H,13H2,1H3,(H,24,25)/b23-12-. The van der Waals surface area contributed by atoms with Gasteiger partial charge in [0.1, 0.15) is 11.5 Å². The number of aryl methyl sites for hydroxylation is 1. The molecule has 1 aromatic heterocycles. The van der Waals surface area contributed by atoms with Crippen LogP contribution in [0.1, 0.15) is 11.3 Å². The van der Waals surface area contributed by atoms with E-state index in [0.29, 0.717) is 5.76 Å². The molecule has 1 heterocycles. The molecule has 0 saturated carbocycles. The quantitative estimate of drug-likeness (QED) is 0.460. The van der Waals surface area contributed by atoms with Gasteiger partial charge in [-0.25, -0.2) is 5.43 Å². The van der Waals surface area contributed by atoms with Gasteiger partial charge in [-0.1, -0.05) is 46.3 Å². The minimum Gasteiger partial charge on any atom is -0.455 e. The van der Waals surface area contributed by atoms with Crippen LogP contribution in [0.5, 0.6) is 0 Å². The molecule has 1 amide bonds. The number of nitrogens with zero attached hydrogens (tertiary/aromatic N) is 1. The Balaban J connectivity index is 1.51. The highest BCUT2D eigenvalue weighted by Gasteiger charge is 2.04. The minimum atomic E-state index is -0.232. The van der Waals surface area contributed by atoms with E-state index in [1.807, 2.05) is 61.5 Å². The van der Waals surface area contributed by atoms with E-state index in [2.05, 4.69) is 31.8 Å². The molecule has 3 rings (SSSR count). The van der Waals surface area contributed by atoms with Crippen molar-refractivity contribution < 1.29 is 9.21 Å². The summed E-state index contributed by atoms with van der Waals surface area (Å²) < 4.78 is 6.72.